The van der Waals surface area contributed by atoms with Gasteiger partial charge in [0, 0.05) is 12.3 Å². The molecule has 2 N–H and O–H groups in total. The van der Waals surface area contributed by atoms with Crippen molar-refractivity contribution in [2.45, 2.75) is 57.2 Å². The van der Waals surface area contributed by atoms with E-state index in [9.17, 15) is 23.1 Å². The third-order valence-electron chi connectivity index (χ3n) is 6.91. The van der Waals surface area contributed by atoms with E-state index in [4.69, 9.17) is 18.8 Å². The summed E-state index contributed by atoms with van der Waals surface area (Å²) < 4.78 is 53.7. The summed E-state index contributed by atoms with van der Waals surface area (Å²) in [6.07, 6.45) is -2.23. The van der Waals surface area contributed by atoms with Crippen molar-refractivity contribution in [2.24, 2.45) is 10.8 Å². The van der Waals surface area contributed by atoms with Crippen LogP contribution in [0.25, 0.3) is 0 Å². The van der Waals surface area contributed by atoms with Gasteiger partial charge in [0.2, 0.25) is 0 Å². The van der Waals surface area contributed by atoms with E-state index in [-0.39, 0.29) is 18.6 Å². The number of carbonyl (C=O) groups excluding carboxylic acids is 2. The molecule has 2 saturated heterocycles. The number of ketones is 1. The van der Waals surface area contributed by atoms with Crippen LogP contribution in [-0.4, -0.2) is 73.1 Å². The van der Waals surface area contributed by atoms with E-state index >= 15 is 0 Å². The molecule has 11 heteroatoms. The number of rotatable bonds is 4. The van der Waals surface area contributed by atoms with Gasteiger partial charge in [0.1, 0.15) is 23.9 Å². The van der Waals surface area contributed by atoms with Gasteiger partial charge in [-0.15, -0.1) is 0 Å². The second kappa shape index (κ2) is 5.83. The number of ether oxygens (including phenoxy) is 3. The number of aliphatic hydroxyl groups excluding tert-OH is 1. The monoisotopic (exact) mass is 418 g/mol. The highest BCUT2D eigenvalue weighted by molar-refractivity contribution is 7.80. The molecule has 0 radical (unpaired) electrons. The topological polar surface area (TPSA) is 149 Å². The van der Waals surface area contributed by atoms with Crippen molar-refractivity contribution in [1.82, 2.24) is 0 Å². The van der Waals surface area contributed by atoms with Crippen LogP contribution in [0.2, 0.25) is 0 Å². The summed E-state index contributed by atoms with van der Waals surface area (Å²) in [5.41, 5.74) is -3.31. The number of esters is 1. The molecule has 4 aliphatic rings. The van der Waals surface area contributed by atoms with Crippen molar-refractivity contribution < 1.29 is 46.1 Å². The van der Waals surface area contributed by atoms with Crippen LogP contribution in [0, 0.1) is 10.8 Å². The van der Waals surface area contributed by atoms with Crippen molar-refractivity contribution in [3.05, 3.63) is 11.6 Å². The minimum absolute atomic E-state index is 0.166. The standard InChI is InChI=1S/C17H22O10S/c1-8-4-11-16(13(20)12(8)19,6-25-28(21,22)23)15(3)5-10(26-9(2)18)14(27-11)17(15)7-24-17/h4,10-11,13-14,20H,5-7H2,1-3H3,(H,21,22,23)/t10-,11-,13-,14-,15-,16-,17+/m1/s1. The van der Waals surface area contributed by atoms with E-state index in [0.717, 1.165) is 0 Å². The van der Waals surface area contributed by atoms with Crippen molar-refractivity contribution >= 4 is 22.2 Å². The van der Waals surface area contributed by atoms with E-state index in [1.165, 1.54) is 19.9 Å². The summed E-state index contributed by atoms with van der Waals surface area (Å²) in [4.78, 5) is 24.2. The zero-order valence-corrected chi connectivity index (χ0v) is 16.4. The summed E-state index contributed by atoms with van der Waals surface area (Å²) >= 11 is 0. The van der Waals surface area contributed by atoms with Gasteiger partial charge in [-0.1, -0.05) is 6.92 Å². The molecule has 156 valence electrons. The average Bonchev–Trinajstić information content (AvgIpc) is 3.33. The molecule has 10 nitrogen and oxygen atoms in total. The first-order valence-electron chi connectivity index (χ1n) is 8.87. The van der Waals surface area contributed by atoms with Crippen LogP contribution in [0.15, 0.2) is 11.6 Å². The Kier molecular flexibility index (Phi) is 4.15. The molecule has 0 aromatic rings. The second-order valence-corrected chi connectivity index (χ2v) is 9.28. The van der Waals surface area contributed by atoms with Crippen LogP contribution < -0.4 is 0 Å². The Morgan fingerprint density at radius 3 is 2.61 bits per heavy atom. The maximum atomic E-state index is 12.7. The molecular weight excluding hydrogens is 396 g/mol. The fourth-order valence-electron chi connectivity index (χ4n) is 5.44. The highest BCUT2D eigenvalue weighted by atomic mass is 32.3. The van der Waals surface area contributed by atoms with Crippen molar-refractivity contribution in [2.75, 3.05) is 13.2 Å². The highest BCUT2D eigenvalue weighted by Gasteiger charge is 2.84. The fraction of sp³-hybridized carbons (Fsp3) is 0.765. The average molecular weight is 418 g/mol. The van der Waals surface area contributed by atoms with Gasteiger partial charge in [0.05, 0.1) is 24.7 Å². The van der Waals surface area contributed by atoms with Crippen LogP contribution in [-0.2, 0) is 38.4 Å². The first-order valence-corrected chi connectivity index (χ1v) is 10.2. The number of aliphatic hydroxyl groups is 1. The smallest absolute Gasteiger partial charge is 0.397 e. The molecule has 0 amide bonds. The first kappa shape index (κ1) is 19.9. The lowest BCUT2D eigenvalue weighted by molar-refractivity contribution is -0.242. The quantitative estimate of drug-likeness (QED) is 0.349. The molecule has 1 spiro atoms. The molecule has 2 heterocycles. The highest BCUT2D eigenvalue weighted by Crippen LogP contribution is 2.71. The summed E-state index contributed by atoms with van der Waals surface area (Å²) in [5.74, 6) is -1.11. The van der Waals surface area contributed by atoms with Crippen LogP contribution in [0.4, 0.5) is 0 Å². The van der Waals surface area contributed by atoms with E-state index in [1.807, 2.05) is 0 Å². The van der Waals surface area contributed by atoms with Gasteiger partial charge in [-0.05, 0) is 25.0 Å². The lowest BCUT2D eigenvalue weighted by Gasteiger charge is -2.58. The molecule has 0 aromatic carbocycles. The summed E-state index contributed by atoms with van der Waals surface area (Å²) in [6, 6.07) is 0. The Balaban J connectivity index is 1.87. The third-order valence-corrected chi connectivity index (χ3v) is 7.33. The summed E-state index contributed by atoms with van der Waals surface area (Å²) in [6.45, 7) is 4.06. The van der Waals surface area contributed by atoms with Gasteiger partial charge in [-0.25, -0.2) is 4.18 Å². The van der Waals surface area contributed by atoms with Gasteiger partial charge >= 0.3 is 16.4 Å². The van der Waals surface area contributed by atoms with E-state index in [2.05, 4.69) is 4.18 Å². The first-order chi connectivity index (χ1) is 12.9. The van der Waals surface area contributed by atoms with E-state index in [0.29, 0.717) is 0 Å². The summed E-state index contributed by atoms with van der Waals surface area (Å²) in [5, 5.41) is 11.0. The van der Waals surface area contributed by atoms with Crippen molar-refractivity contribution in [1.29, 1.82) is 0 Å². The zero-order chi connectivity index (χ0) is 20.7. The van der Waals surface area contributed by atoms with Crippen LogP contribution >= 0.6 is 0 Å². The predicted molar refractivity (Wildman–Crippen MR) is 90.3 cm³/mol. The van der Waals surface area contributed by atoms with E-state index in [1.54, 1.807) is 6.92 Å². The number of carbonyl (C=O) groups is 2. The minimum Gasteiger partial charge on any atom is -0.460 e. The molecule has 2 aliphatic carbocycles. The molecule has 0 unspecified atom stereocenters. The van der Waals surface area contributed by atoms with Crippen molar-refractivity contribution in [3.63, 3.8) is 0 Å². The Bertz CT molecular complexity index is 874. The number of epoxide rings is 1. The van der Waals surface area contributed by atoms with Crippen LogP contribution in [0.3, 0.4) is 0 Å². The van der Waals surface area contributed by atoms with Gasteiger partial charge in [-0.2, -0.15) is 8.42 Å². The Morgan fingerprint density at radius 2 is 2.07 bits per heavy atom. The lowest BCUT2D eigenvalue weighted by atomic mass is 9.50. The maximum Gasteiger partial charge on any atom is 0.397 e. The Hall–Kier alpha value is -1.37. The van der Waals surface area contributed by atoms with Crippen molar-refractivity contribution in [3.8, 4) is 0 Å². The molecule has 1 saturated carbocycles. The van der Waals surface area contributed by atoms with Crippen LogP contribution in [0.5, 0.6) is 0 Å². The number of hydrogen-bond acceptors (Lipinski definition) is 9. The Morgan fingerprint density at radius 1 is 1.43 bits per heavy atom. The molecule has 28 heavy (non-hydrogen) atoms. The SMILES string of the molecule is CC(=O)O[C@@H]1C[C@]2(C)[C@@]3(COS(=O)(=O)O)[C@H](O)C(=O)C(C)=C[C@H]3O[C@H]1[C@@]21CO1. The molecule has 7 atom stereocenters. The van der Waals surface area contributed by atoms with Gasteiger partial charge in [-0.3, -0.25) is 14.1 Å². The van der Waals surface area contributed by atoms with Gasteiger partial charge < -0.3 is 19.3 Å². The number of fused-ring (bicyclic) bond motifs is 2. The lowest BCUT2D eigenvalue weighted by Crippen LogP contribution is -2.70. The summed E-state index contributed by atoms with van der Waals surface area (Å²) in [7, 11) is -4.85. The van der Waals surface area contributed by atoms with Gasteiger partial charge in [0.15, 0.2) is 5.78 Å². The largest absolute Gasteiger partial charge is 0.460 e. The normalized spacial score (nSPS) is 46.9. The molecule has 2 bridgehead atoms. The molecular formula is C17H22O10S. The maximum absolute atomic E-state index is 12.7. The predicted octanol–water partition coefficient (Wildman–Crippen LogP) is -0.440. The molecule has 0 aromatic heterocycles. The number of Topliss-reactive ketones (excluding diaryl/α,β-unsaturated/α-hetero) is 1. The molecule has 4 rings (SSSR count). The second-order valence-electron chi connectivity index (χ2n) is 8.19. The fourth-order valence-corrected chi connectivity index (χ4v) is 5.79. The zero-order valence-electron chi connectivity index (χ0n) is 15.6. The molecule has 2 aliphatic heterocycles. The van der Waals surface area contributed by atoms with Gasteiger partial charge in [0.25, 0.3) is 0 Å². The van der Waals surface area contributed by atoms with Crippen LogP contribution in [0.1, 0.15) is 27.2 Å². The minimum atomic E-state index is -4.85. The molecule has 3 fully saturated rings. The Labute approximate surface area is 161 Å². The van der Waals surface area contributed by atoms with E-state index < -0.39 is 69.6 Å². The third kappa shape index (κ3) is 2.40. The number of hydrogen-bond donors (Lipinski definition) is 2.